The molecule has 1 aromatic carbocycles. The molecule has 3 heteroatoms. The number of allylic oxidation sites excluding steroid dienone is 3. The zero-order chi connectivity index (χ0) is 13.8. The average molecular weight is 265 g/mol. The first-order chi connectivity index (χ1) is 9.90. The first-order valence-electron chi connectivity index (χ1n) is 7.19. The molecular formula is C17H19N3. The molecule has 0 aliphatic heterocycles. The fourth-order valence-electron chi connectivity index (χ4n) is 2.71. The van der Waals surface area contributed by atoms with Crippen molar-refractivity contribution in [3.8, 4) is 11.3 Å². The Labute approximate surface area is 119 Å². The first kappa shape index (κ1) is 12.9. The van der Waals surface area contributed by atoms with Crippen LogP contribution in [0.15, 0.2) is 49.1 Å². The van der Waals surface area contributed by atoms with Crippen LogP contribution in [0.4, 0.5) is 0 Å². The van der Waals surface area contributed by atoms with Gasteiger partial charge in [-0.05, 0) is 31.3 Å². The molecule has 3 nitrogen and oxygen atoms in total. The molecule has 0 N–H and O–H groups in total. The fourth-order valence-corrected chi connectivity index (χ4v) is 2.71. The predicted octanol–water partition coefficient (Wildman–Crippen LogP) is 4.09. The average Bonchev–Trinajstić information content (AvgIpc) is 2.93. The summed E-state index contributed by atoms with van der Waals surface area (Å²) >= 11 is 0. The van der Waals surface area contributed by atoms with Gasteiger partial charge in [0.05, 0.1) is 12.2 Å². The summed E-state index contributed by atoms with van der Waals surface area (Å²) in [5, 5.41) is 8.74. The van der Waals surface area contributed by atoms with Crippen LogP contribution >= 0.6 is 0 Å². The lowest BCUT2D eigenvalue weighted by Crippen LogP contribution is -2.01. The molecule has 0 saturated carbocycles. The van der Waals surface area contributed by atoms with E-state index >= 15 is 0 Å². The second kappa shape index (κ2) is 5.87. The van der Waals surface area contributed by atoms with Gasteiger partial charge in [-0.25, -0.2) is 4.68 Å². The normalized spacial score (nSPS) is 14.9. The number of hydrogen-bond acceptors (Lipinski definition) is 2. The molecule has 2 aromatic rings. The van der Waals surface area contributed by atoms with Crippen LogP contribution in [0, 0.1) is 0 Å². The van der Waals surface area contributed by atoms with Crippen molar-refractivity contribution in [2.45, 2.75) is 32.2 Å². The van der Waals surface area contributed by atoms with Crippen LogP contribution in [-0.4, -0.2) is 15.0 Å². The van der Waals surface area contributed by atoms with Gasteiger partial charge >= 0.3 is 0 Å². The largest absolute Gasteiger partial charge is 0.240 e. The highest BCUT2D eigenvalue weighted by Gasteiger charge is 2.18. The van der Waals surface area contributed by atoms with Gasteiger partial charge in [-0.3, -0.25) is 0 Å². The van der Waals surface area contributed by atoms with E-state index in [-0.39, 0.29) is 0 Å². The molecule has 1 aliphatic rings. The van der Waals surface area contributed by atoms with Crippen LogP contribution in [0.2, 0.25) is 0 Å². The molecule has 20 heavy (non-hydrogen) atoms. The van der Waals surface area contributed by atoms with E-state index in [1.807, 2.05) is 16.8 Å². The quantitative estimate of drug-likeness (QED) is 0.780. The third-order valence-corrected chi connectivity index (χ3v) is 3.68. The molecule has 1 aromatic heterocycles. The van der Waals surface area contributed by atoms with Gasteiger partial charge in [0.25, 0.3) is 0 Å². The van der Waals surface area contributed by atoms with Gasteiger partial charge < -0.3 is 0 Å². The highest BCUT2D eigenvalue weighted by Crippen LogP contribution is 2.32. The smallest absolute Gasteiger partial charge is 0.116 e. The van der Waals surface area contributed by atoms with Gasteiger partial charge in [0.1, 0.15) is 5.69 Å². The molecule has 1 heterocycles. The number of hydrogen-bond donors (Lipinski definition) is 0. The molecule has 102 valence electrons. The van der Waals surface area contributed by atoms with Crippen molar-refractivity contribution in [3.05, 3.63) is 54.8 Å². The Morgan fingerprint density at radius 3 is 2.75 bits per heavy atom. The standard InChI is InChI=1S/C17H19N3/c1-2-13-20-17(15-11-7-4-8-12-15)16(18-19-20)14-9-5-3-6-10-14/h2,4,7-9,11-12H,1,3,5-6,10,13H2. The van der Waals surface area contributed by atoms with Crippen LogP contribution in [0.5, 0.6) is 0 Å². The molecule has 0 saturated heterocycles. The monoisotopic (exact) mass is 265 g/mol. The molecule has 3 rings (SSSR count). The highest BCUT2D eigenvalue weighted by atomic mass is 15.4. The van der Waals surface area contributed by atoms with E-state index in [4.69, 9.17) is 0 Å². The van der Waals surface area contributed by atoms with Gasteiger partial charge in [0, 0.05) is 5.56 Å². The zero-order valence-electron chi connectivity index (χ0n) is 11.6. The van der Waals surface area contributed by atoms with Crippen LogP contribution < -0.4 is 0 Å². The van der Waals surface area contributed by atoms with Crippen molar-refractivity contribution in [2.75, 3.05) is 0 Å². The summed E-state index contributed by atoms with van der Waals surface area (Å²) in [5.74, 6) is 0. The third-order valence-electron chi connectivity index (χ3n) is 3.68. The molecule has 0 bridgehead atoms. The highest BCUT2D eigenvalue weighted by molar-refractivity contribution is 5.77. The SMILES string of the molecule is C=CCn1nnc(C2=CCCCC2)c1-c1ccccc1. The van der Waals surface area contributed by atoms with Crippen LogP contribution in [0.1, 0.15) is 31.4 Å². The number of nitrogens with zero attached hydrogens (tertiary/aromatic N) is 3. The Bertz CT molecular complexity index is 623. The van der Waals surface area contributed by atoms with E-state index in [2.05, 4.69) is 47.2 Å². The Morgan fingerprint density at radius 1 is 1.20 bits per heavy atom. The zero-order valence-corrected chi connectivity index (χ0v) is 11.6. The molecule has 0 fully saturated rings. The first-order valence-corrected chi connectivity index (χ1v) is 7.19. The number of aromatic nitrogens is 3. The maximum Gasteiger partial charge on any atom is 0.116 e. The van der Waals surface area contributed by atoms with Gasteiger partial charge in [-0.1, -0.05) is 47.7 Å². The summed E-state index contributed by atoms with van der Waals surface area (Å²) in [5.41, 5.74) is 4.66. The lowest BCUT2D eigenvalue weighted by Gasteiger charge is -2.13. The minimum atomic E-state index is 0.685. The van der Waals surface area contributed by atoms with Gasteiger partial charge in [0.15, 0.2) is 0 Å². The van der Waals surface area contributed by atoms with Gasteiger partial charge in [-0.15, -0.1) is 11.7 Å². The summed E-state index contributed by atoms with van der Waals surface area (Å²) in [4.78, 5) is 0. The topological polar surface area (TPSA) is 30.7 Å². The van der Waals surface area contributed by atoms with Crippen molar-refractivity contribution in [2.24, 2.45) is 0 Å². The summed E-state index contributed by atoms with van der Waals surface area (Å²) in [7, 11) is 0. The van der Waals surface area contributed by atoms with E-state index in [1.54, 1.807) is 0 Å². The van der Waals surface area contributed by atoms with Crippen LogP contribution in [-0.2, 0) is 6.54 Å². The fraction of sp³-hybridized carbons (Fsp3) is 0.294. The van der Waals surface area contributed by atoms with E-state index in [9.17, 15) is 0 Å². The second-order valence-corrected chi connectivity index (χ2v) is 5.10. The van der Waals surface area contributed by atoms with E-state index < -0.39 is 0 Å². The van der Waals surface area contributed by atoms with E-state index in [1.165, 1.54) is 24.0 Å². The molecule has 0 radical (unpaired) electrons. The lowest BCUT2D eigenvalue weighted by atomic mass is 9.94. The minimum absolute atomic E-state index is 0.685. The van der Waals surface area contributed by atoms with Gasteiger partial charge in [-0.2, -0.15) is 0 Å². The Hall–Kier alpha value is -2.16. The second-order valence-electron chi connectivity index (χ2n) is 5.10. The van der Waals surface area contributed by atoms with Crippen molar-refractivity contribution >= 4 is 5.57 Å². The van der Waals surface area contributed by atoms with E-state index in [0.29, 0.717) is 6.54 Å². The number of benzene rings is 1. The van der Waals surface area contributed by atoms with Crippen molar-refractivity contribution < 1.29 is 0 Å². The van der Waals surface area contributed by atoms with Gasteiger partial charge in [0.2, 0.25) is 0 Å². The Balaban J connectivity index is 2.11. The van der Waals surface area contributed by atoms with Crippen LogP contribution in [0.3, 0.4) is 0 Å². The molecule has 0 amide bonds. The molecular weight excluding hydrogens is 246 g/mol. The molecule has 0 atom stereocenters. The predicted molar refractivity (Wildman–Crippen MR) is 82.1 cm³/mol. The summed E-state index contributed by atoms with van der Waals surface area (Å²) in [6.45, 7) is 4.49. The maximum absolute atomic E-state index is 4.43. The molecule has 1 aliphatic carbocycles. The minimum Gasteiger partial charge on any atom is -0.240 e. The molecule has 0 unspecified atom stereocenters. The van der Waals surface area contributed by atoms with Crippen LogP contribution in [0.25, 0.3) is 16.8 Å². The lowest BCUT2D eigenvalue weighted by molar-refractivity contribution is 0.668. The molecule has 0 spiro atoms. The van der Waals surface area contributed by atoms with E-state index in [0.717, 1.165) is 24.2 Å². The Kier molecular flexibility index (Phi) is 3.77. The summed E-state index contributed by atoms with van der Waals surface area (Å²) in [6.07, 6.45) is 8.96. The summed E-state index contributed by atoms with van der Waals surface area (Å²) in [6, 6.07) is 10.4. The number of rotatable bonds is 4. The summed E-state index contributed by atoms with van der Waals surface area (Å²) < 4.78 is 1.94. The maximum atomic E-state index is 4.43. The third kappa shape index (κ3) is 2.44. The Morgan fingerprint density at radius 2 is 2.05 bits per heavy atom. The van der Waals surface area contributed by atoms with Crippen molar-refractivity contribution in [3.63, 3.8) is 0 Å². The van der Waals surface area contributed by atoms with Crippen molar-refractivity contribution in [1.29, 1.82) is 0 Å². The van der Waals surface area contributed by atoms with Crippen molar-refractivity contribution in [1.82, 2.24) is 15.0 Å².